The van der Waals surface area contributed by atoms with E-state index < -0.39 is 0 Å². The lowest BCUT2D eigenvalue weighted by atomic mass is 9.89. The SMILES string of the molecule is CC(=O)CCc1ccc(-c2ccccc2-c2ccccc2-c2ccc(S)cc2)cc1. The fraction of sp³-hybridized carbons (Fsp3) is 0.107. The molecule has 2 heteroatoms. The molecule has 0 atom stereocenters. The Morgan fingerprint density at radius 3 is 1.53 bits per heavy atom. The zero-order valence-electron chi connectivity index (χ0n) is 17.0. The Kier molecular flexibility index (Phi) is 6.15. The molecule has 148 valence electrons. The van der Waals surface area contributed by atoms with Crippen LogP contribution in [0.3, 0.4) is 0 Å². The van der Waals surface area contributed by atoms with Crippen LogP contribution in [0.2, 0.25) is 0 Å². The summed E-state index contributed by atoms with van der Waals surface area (Å²) in [5, 5.41) is 0. The molecule has 0 amide bonds. The van der Waals surface area contributed by atoms with Crippen molar-refractivity contribution in [1.29, 1.82) is 0 Å². The summed E-state index contributed by atoms with van der Waals surface area (Å²) < 4.78 is 0. The van der Waals surface area contributed by atoms with E-state index in [1.807, 2.05) is 12.1 Å². The summed E-state index contributed by atoms with van der Waals surface area (Å²) in [6, 6.07) is 33.9. The molecule has 30 heavy (non-hydrogen) atoms. The van der Waals surface area contributed by atoms with E-state index in [9.17, 15) is 4.79 Å². The highest BCUT2D eigenvalue weighted by atomic mass is 32.1. The van der Waals surface area contributed by atoms with Gasteiger partial charge in [0, 0.05) is 11.3 Å². The molecule has 0 saturated heterocycles. The summed E-state index contributed by atoms with van der Waals surface area (Å²) in [6.45, 7) is 1.64. The van der Waals surface area contributed by atoms with Gasteiger partial charge in [0.2, 0.25) is 0 Å². The smallest absolute Gasteiger partial charge is 0.130 e. The number of carbonyl (C=O) groups excluding carboxylic acids is 1. The number of rotatable bonds is 6. The minimum absolute atomic E-state index is 0.229. The van der Waals surface area contributed by atoms with Crippen molar-refractivity contribution >= 4 is 18.4 Å². The van der Waals surface area contributed by atoms with Crippen LogP contribution in [-0.4, -0.2) is 5.78 Å². The second-order valence-corrected chi connectivity index (χ2v) is 8.05. The Morgan fingerprint density at radius 1 is 0.633 bits per heavy atom. The highest BCUT2D eigenvalue weighted by Gasteiger charge is 2.12. The Balaban J connectivity index is 1.75. The van der Waals surface area contributed by atoms with Crippen molar-refractivity contribution in [2.45, 2.75) is 24.7 Å². The van der Waals surface area contributed by atoms with Gasteiger partial charge in [0.1, 0.15) is 5.78 Å². The lowest BCUT2D eigenvalue weighted by Crippen LogP contribution is -1.94. The predicted molar refractivity (Wildman–Crippen MR) is 129 cm³/mol. The van der Waals surface area contributed by atoms with Gasteiger partial charge in [0.05, 0.1) is 0 Å². The molecule has 0 aliphatic carbocycles. The summed E-state index contributed by atoms with van der Waals surface area (Å²) in [6.07, 6.45) is 1.38. The fourth-order valence-electron chi connectivity index (χ4n) is 3.75. The van der Waals surface area contributed by atoms with Crippen molar-refractivity contribution in [2.24, 2.45) is 0 Å². The summed E-state index contributed by atoms with van der Waals surface area (Å²) in [5.74, 6) is 0.229. The van der Waals surface area contributed by atoms with Crippen LogP contribution >= 0.6 is 12.6 Å². The van der Waals surface area contributed by atoms with Crippen molar-refractivity contribution in [3.8, 4) is 33.4 Å². The van der Waals surface area contributed by atoms with E-state index in [-0.39, 0.29) is 5.78 Å². The van der Waals surface area contributed by atoms with Gasteiger partial charge >= 0.3 is 0 Å². The first-order chi connectivity index (χ1) is 14.6. The van der Waals surface area contributed by atoms with Crippen LogP contribution in [0.1, 0.15) is 18.9 Å². The quantitative estimate of drug-likeness (QED) is 0.327. The molecule has 1 nitrogen and oxygen atoms in total. The average molecular weight is 409 g/mol. The maximum Gasteiger partial charge on any atom is 0.130 e. The lowest BCUT2D eigenvalue weighted by Gasteiger charge is -2.15. The number of thiol groups is 1. The van der Waals surface area contributed by atoms with Gasteiger partial charge < -0.3 is 4.79 Å². The van der Waals surface area contributed by atoms with Crippen molar-refractivity contribution in [1.82, 2.24) is 0 Å². The molecule has 0 aliphatic rings. The fourth-order valence-corrected chi connectivity index (χ4v) is 3.90. The molecule has 0 aliphatic heterocycles. The van der Waals surface area contributed by atoms with E-state index in [4.69, 9.17) is 0 Å². The minimum Gasteiger partial charge on any atom is -0.300 e. The van der Waals surface area contributed by atoms with E-state index >= 15 is 0 Å². The average Bonchev–Trinajstić information content (AvgIpc) is 2.79. The molecule has 0 saturated carbocycles. The van der Waals surface area contributed by atoms with Crippen molar-refractivity contribution in [2.75, 3.05) is 0 Å². The number of hydrogen-bond donors (Lipinski definition) is 1. The highest BCUT2D eigenvalue weighted by molar-refractivity contribution is 7.80. The zero-order chi connectivity index (χ0) is 20.9. The van der Waals surface area contributed by atoms with Crippen LogP contribution in [0.5, 0.6) is 0 Å². The molecule has 0 aromatic heterocycles. The normalized spacial score (nSPS) is 10.7. The van der Waals surface area contributed by atoms with Gasteiger partial charge in [-0.05, 0) is 64.4 Å². The Bertz CT molecular complexity index is 1160. The van der Waals surface area contributed by atoms with E-state index in [0.717, 1.165) is 11.3 Å². The molecular weight excluding hydrogens is 384 g/mol. The van der Waals surface area contributed by atoms with Gasteiger partial charge in [-0.2, -0.15) is 0 Å². The number of ketones is 1. The molecule has 4 aromatic rings. The standard InChI is InChI=1S/C28H24OS/c1-20(29)10-11-21-12-14-22(15-13-21)25-6-2-4-8-27(25)28-9-5-3-7-26(28)23-16-18-24(30)19-17-23/h2-9,12-19,30H,10-11H2,1H3. The molecule has 0 heterocycles. The van der Waals surface area contributed by atoms with Crippen LogP contribution in [0.4, 0.5) is 0 Å². The molecular formula is C28H24OS. The topological polar surface area (TPSA) is 17.1 Å². The summed E-state index contributed by atoms with van der Waals surface area (Å²) >= 11 is 4.42. The minimum atomic E-state index is 0.229. The predicted octanol–water partition coefficient (Wildman–Crippen LogP) is 7.50. The number of hydrogen-bond acceptors (Lipinski definition) is 2. The largest absolute Gasteiger partial charge is 0.300 e. The molecule has 0 unspecified atom stereocenters. The van der Waals surface area contributed by atoms with Crippen molar-refractivity contribution < 1.29 is 4.79 Å². The van der Waals surface area contributed by atoms with E-state index in [1.54, 1.807) is 6.92 Å². The third-order valence-corrected chi connectivity index (χ3v) is 5.65. The van der Waals surface area contributed by atoms with Crippen molar-refractivity contribution in [3.05, 3.63) is 103 Å². The van der Waals surface area contributed by atoms with Gasteiger partial charge in [-0.3, -0.25) is 0 Å². The first-order valence-electron chi connectivity index (χ1n) is 10.2. The van der Waals surface area contributed by atoms with E-state index in [1.165, 1.54) is 38.9 Å². The number of carbonyl (C=O) groups is 1. The van der Waals surface area contributed by atoms with Crippen LogP contribution < -0.4 is 0 Å². The third kappa shape index (κ3) is 4.55. The molecule has 4 aromatic carbocycles. The first kappa shape index (κ1) is 20.2. The monoisotopic (exact) mass is 408 g/mol. The third-order valence-electron chi connectivity index (χ3n) is 5.35. The van der Waals surface area contributed by atoms with Gasteiger partial charge in [-0.15, -0.1) is 12.6 Å². The molecule has 0 fully saturated rings. The van der Waals surface area contributed by atoms with Crippen LogP contribution in [0.25, 0.3) is 33.4 Å². The van der Waals surface area contributed by atoms with Gasteiger partial charge in [-0.1, -0.05) is 84.9 Å². The summed E-state index contributed by atoms with van der Waals surface area (Å²) in [4.78, 5) is 12.2. The Labute approximate surface area is 183 Å². The Hall–Kier alpha value is -3.10. The van der Waals surface area contributed by atoms with Gasteiger partial charge in [0.15, 0.2) is 0 Å². The van der Waals surface area contributed by atoms with Gasteiger partial charge in [0.25, 0.3) is 0 Å². The number of benzene rings is 4. The maximum absolute atomic E-state index is 11.3. The highest BCUT2D eigenvalue weighted by Crippen LogP contribution is 2.38. The van der Waals surface area contributed by atoms with Crippen LogP contribution in [0.15, 0.2) is 102 Å². The van der Waals surface area contributed by atoms with Crippen LogP contribution in [0, 0.1) is 0 Å². The maximum atomic E-state index is 11.3. The van der Waals surface area contributed by atoms with E-state index in [0.29, 0.717) is 6.42 Å². The zero-order valence-corrected chi connectivity index (χ0v) is 17.9. The summed E-state index contributed by atoms with van der Waals surface area (Å²) in [5.41, 5.74) is 8.37. The second kappa shape index (κ2) is 9.15. The van der Waals surface area contributed by atoms with Gasteiger partial charge in [-0.25, -0.2) is 0 Å². The first-order valence-corrected chi connectivity index (χ1v) is 10.6. The summed E-state index contributed by atoms with van der Waals surface area (Å²) in [7, 11) is 0. The molecule has 0 spiro atoms. The molecule has 4 rings (SSSR count). The number of aryl methyl sites for hydroxylation is 1. The van der Waals surface area contributed by atoms with Crippen molar-refractivity contribution in [3.63, 3.8) is 0 Å². The molecule has 0 N–H and O–H groups in total. The van der Waals surface area contributed by atoms with E-state index in [2.05, 4.69) is 97.6 Å². The Morgan fingerprint density at radius 2 is 1.07 bits per heavy atom. The number of Topliss-reactive ketones (excluding diaryl/α,β-unsaturated/α-hetero) is 1. The lowest BCUT2D eigenvalue weighted by molar-refractivity contribution is -0.116. The molecule has 0 radical (unpaired) electrons. The second-order valence-electron chi connectivity index (χ2n) is 7.54. The molecule has 0 bridgehead atoms. The van der Waals surface area contributed by atoms with Crippen LogP contribution in [-0.2, 0) is 11.2 Å².